The van der Waals surface area contributed by atoms with Crippen molar-refractivity contribution in [3.05, 3.63) is 64.7 Å². The van der Waals surface area contributed by atoms with E-state index in [0.717, 1.165) is 26.1 Å². The van der Waals surface area contributed by atoms with E-state index in [9.17, 15) is 0 Å². The average molecular weight is 292 g/mol. The molecule has 2 heterocycles. The number of anilines is 1. The number of rotatable bonds is 3. The first-order valence-electron chi connectivity index (χ1n) is 8.42. The monoisotopic (exact) mass is 292 g/mol. The quantitative estimate of drug-likeness (QED) is 0.852. The van der Waals surface area contributed by atoms with Crippen molar-refractivity contribution in [2.45, 2.75) is 32.4 Å². The molecule has 2 heteroatoms. The lowest BCUT2D eigenvalue weighted by Crippen LogP contribution is -2.25. The fourth-order valence-electron chi connectivity index (χ4n) is 3.84. The van der Waals surface area contributed by atoms with E-state index in [-0.39, 0.29) is 0 Å². The van der Waals surface area contributed by atoms with Gasteiger partial charge in [0.25, 0.3) is 0 Å². The lowest BCUT2D eigenvalue weighted by Gasteiger charge is -2.28. The van der Waals surface area contributed by atoms with Crippen molar-refractivity contribution < 1.29 is 0 Å². The minimum Gasteiger partial charge on any atom is -0.374 e. The van der Waals surface area contributed by atoms with Gasteiger partial charge < -0.3 is 4.90 Å². The van der Waals surface area contributed by atoms with Gasteiger partial charge in [-0.3, -0.25) is 4.90 Å². The first kappa shape index (κ1) is 13.8. The van der Waals surface area contributed by atoms with Gasteiger partial charge >= 0.3 is 0 Å². The van der Waals surface area contributed by atoms with E-state index in [0.29, 0.717) is 0 Å². The molecule has 2 nitrogen and oxygen atoms in total. The molecule has 0 saturated carbocycles. The molecule has 2 aromatic rings. The Labute approximate surface area is 133 Å². The average Bonchev–Trinajstić information content (AvgIpc) is 2.96. The zero-order chi connectivity index (χ0) is 14.9. The van der Waals surface area contributed by atoms with Crippen molar-refractivity contribution in [1.82, 2.24) is 4.90 Å². The van der Waals surface area contributed by atoms with Crippen molar-refractivity contribution >= 4 is 5.69 Å². The summed E-state index contributed by atoms with van der Waals surface area (Å²) < 4.78 is 0. The Morgan fingerprint density at radius 2 is 1.73 bits per heavy atom. The van der Waals surface area contributed by atoms with Crippen LogP contribution >= 0.6 is 0 Å². The molecule has 2 aliphatic heterocycles. The van der Waals surface area contributed by atoms with Crippen LogP contribution in [0.1, 0.15) is 28.7 Å². The number of aryl methyl sites for hydroxylation is 1. The molecule has 0 aliphatic carbocycles. The number of nitrogens with zero attached hydrogens (tertiary/aromatic N) is 2. The van der Waals surface area contributed by atoms with Gasteiger partial charge in [0.1, 0.15) is 0 Å². The molecule has 0 radical (unpaired) electrons. The zero-order valence-corrected chi connectivity index (χ0v) is 13.4. The van der Waals surface area contributed by atoms with Crippen LogP contribution in [0.15, 0.2) is 42.5 Å². The summed E-state index contributed by atoms with van der Waals surface area (Å²) in [5.74, 6) is 0. The summed E-state index contributed by atoms with van der Waals surface area (Å²) in [6.07, 6.45) is 3.68. The second-order valence-electron chi connectivity index (χ2n) is 6.72. The van der Waals surface area contributed by atoms with Gasteiger partial charge in [0.05, 0.1) is 0 Å². The molecule has 0 atom stereocenters. The van der Waals surface area contributed by atoms with Crippen LogP contribution in [0, 0.1) is 0 Å². The maximum Gasteiger partial charge on any atom is 0.0396 e. The molecule has 114 valence electrons. The second-order valence-corrected chi connectivity index (χ2v) is 6.72. The van der Waals surface area contributed by atoms with Crippen LogP contribution in [0.25, 0.3) is 0 Å². The maximum absolute atomic E-state index is 2.57. The minimum absolute atomic E-state index is 1.11. The Morgan fingerprint density at radius 3 is 2.50 bits per heavy atom. The van der Waals surface area contributed by atoms with Crippen LogP contribution in [-0.4, -0.2) is 25.0 Å². The summed E-state index contributed by atoms with van der Waals surface area (Å²) in [5, 5.41) is 0. The van der Waals surface area contributed by atoms with Gasteiger partial charge in [-0.25, -0.2) is 0 Å². The predicted octanol–water partition coefficient (Wildman–Crippen LogP) is 3.63. The molecule has 0 aromatic heterocycles. The third-order valence-electron chi connectivity index (χ3n) is 5.12. The molecule has 0 amide bonds. The first-order valence-corrected chi connectivity index (χ1v) is 8.42. The van der Waals surface area contributed by atoms with Crippen molar-refractivity contribution in [1.29, 1.82) is 0 Å². The lowest BCUT2D eigenvalue weighted by atomic mass is 9.98. The minimum atomic E-state index is 1.11. The number of benzene rings is 2. The third kappa shape index (κ3) is 2.64. The highest BCUT2D eigenvalue weighted by Gasteiger charge is 2.18. The molecule has 0 bridgehead atoms. The van der Waals surface area contributed by atoms with Crippen molar-refractivity contribution in [3.8, 4) is 0 Å². The summed E-state index contributed by atoms with van der Waals surface area (Å²) in [6, 6.07) is 15.9. The van der Waals surface area contributed by atoms with E-state index < -0.39 is 0 Å². The summed E-state index contributed by atoms with van der Waals surface area (Å²) in [7, 11) is 2.21. The van der Waals surface area contributed by atoms with Gasteiger partial charge in [-0.2, -0.15) is 0 Å². The van der Waals surface area contributed by atoms with Crippen molar-refractivity contribution in [2.75, 3.05) is 25.0 Å². The molecule has 0 saturated heterocycles. The van der Waals surface area contributed by atoms with E-state index in [4.69, 9.17) is 0 Å². The largest absolute Gasteiger partial charge is 0.374 e. The van der Waals surface area contributed by atoms with Crippen LogP contribution in [0.4, 0.5) is 5.69 Å². The highest BCUT2D eigenvalue weighted by molar-refractivity contribution is 5.56. The van der Waals surface area contributed by atoms with Crippen molar-refractivity contribution in [2.24, 2.45) is 0 Å². The van der Waals surface area contributed by atoms with Crippen LogP contribution in [0.2, 0.25) is 0 Å². The molecule has 0 spiro atoms. The number of hydrogen-bond acceptors (Lipinski definition) is 2. The van der Waals surface area contributed by atoms with Gasteiger partial charge in [0.15, 0.2) is 0 Å². The van der Waals surface area contributed by atoms with Gasteiger partial charge in [0.2, 0.25) is 0 Å². The Balaban J connectivity index is 1.41. The fraction of sp³-hybridized carbons (Fsp3) is 0.400. The van der Waals surface area contributed by atoms with Gasteiger partial charge in [-0.1, -0.05) is 36.4 Å². The van der Waals surface area contributed by atoms with Crippen LogP contribution in [0.3, 0.4) is 0 Å². The number of hydrogen-bond donors (Lipinski definition) is 0. The first-order chi connectivity index (χ1) is 10.8. The molecule has 4 rings (SSSR count). The summed E-state index contributed by atoms with van der Waals surface area (Å²) in [5.41, 5.74) is 7.48. The van der Waals surface area contributed by atoms with E-state index in [1.807, 2.05) is 0 Å². The van der Waals surface area contributed by atoms with Crippen LogP contribution in [0.5, 0.6) is 0 Å². The van der Waals surface area contributed by atoms with Gasteiger partial charge in [-0.05, 0) is 47.6 Å². The summed E-state index contributed by atoms with van der Waals surface area (Å²) in [4.78, 5) is 4.95. The molecule has 0 N–H and O–H groups in total. The topological polar surface area (TPSA) is 6.48 Å². The highest BCUT2D eigenvalue weighted by Crippen LogP contribution is 2.27. The maximum atomic E-state index is 2.57. The SMILES string of the molecule is CN1CCCc2cc(CCN3Cc4ccccc4C3)ccc21. The molecule has 22 heavy (non-hydrogen) atoms. The van der Waals surface area contributed by atoms with Crippen molar-refractivity contribution in [3.63, 3.8) is 0 Å². The Bertz CT molecular complexity index is 652. The Hall–Kier alpha value is -1.80. The fourth-order valence-corrected chi connectivity index (χ4v) is 3.84. The molecular weight excluding hydrogens is 268 g/mol. The standard InChI is InChI=1S/C20H24N2/c1-21-11-4-7-17-13-16(8-9-20(17)21)10-12-22-14-18-5-2-3-6-19(18)15-22/h2-3,5-6,8-9,13H,4,7,10-12,14-15H2,1H3. The number of fused-ring (bicyclic) bond motifs is 2. The summed E-state index contributed by atoms with van der Waals surface area (Å²) in [6.45, 7) is 4.58. The molecule has 0 unspecified atom stereocenters. The van der Waals surface area contributed by atoms with Crippen LogP contribution in [-0.2, 0) is 25.9 Å². The zero-order valence-electron chi connectivity index (χ0n) is 13.4. The van der Waals surface area contributed by atoms with E-state index in [1.165, 1.54) is 47.3 Å². The smallest absolute Gasteiger partial charge is 0.0396 e. The molecule has 0 fully saturated rings. The van der Waals surface area contributed by atoms with Crippen LogP contribution < -0.4 is 4.90 Å². The van der Waals surface area contributed by atoms with Gasteiger partial charge in [-0.15, -0.1) is 0 Å². The lowest BCUT2D eigenvalue weighted by molar-refractivity contribution is 0.288. The third-order valence-corrected chi connectivity index (χ3v) is 5.12. The molecule has 2 aromatic carbocycles. The van der Waals surface area contributed by atoms with E-state index >= 15 is 0 Å². The van der Waals surface area contributed by atoms with E-state index in [2.05, 4.69) is 59.3 Å². The summed E-state index contributed by atoms with van der Waals surface area (Å²) >= 11 is 0. The molecular formula is C20H24N2. The Kier molecular flexibility index (Phi) is 3.63. The normalized spacial score (nSPS) is 17.4. The van der Waals surface area contributed by atoms with Gasteiger partial charge in [0, 0.05) is 38.9 Å². The highest BCUT2D eigenvalue weighted by atomic mass is 15.1. The predicted molar refractivity (Wildman–Crippen MR) is 92.3 cm³/mol. The Morgan fingerprint density at radius 1 is 0.955 bits per heavy atom. The molecule has 2 aliphatic rings. The van der Waals surface area contributed by atoms with E-state index in [1.54, 1.807) is 0 Å². The second kappa shape index (κ2) is 5.77.